The summed E-state index contributed by atoms with van der Waals surface area (Å²) >= 11 is 0. The number of nitrogens with zero attached hydrogens (tertiary/aromatic N) is 3. The third-order valence-electron chi connectivity index (χ3n) is 3.86. The normalized spacial score (nSPS) is 11.1. The third kappa shape index (κ3) is 6.59. The molecule has 0 N–H and O–H groups in total. The van der Waals surface area contributed by atoms with Crippen molar-refractivity contribution in [2.24, 2.45) is 0 Å². The molecule has 0 atom stereocenters. The van der Waals surface area contributed by atoms with Gasteiger partial charge in [-0.2, -0.15) is 5.26 Å². The summed E-state index contributed by atoms with van der Waals surface area (Å²) in [6, 6.07) is 16.8. The molecule has 0 fully saturated rings. The third-order valence-corrected chi connectivity index (χ3v) is 3.86. The van der Waals surface area contributed by atoms with Crippen LogP contribution in [-0.4, -0.2) is 37.3 Å². The van der Waals surface area contributed by atoms with Gasteiger partial charge in [0, 0.05) is 24.3 Å². The second-order valence-corrected chi connectivity index (χ2v) is 6.12. The molecule has 1 amide bonds. The van der Waals surface area contributed by atoms with Gasteiger partial charge >= 0.3 is 6.36 Å². The quantitative estimate of drug-likeness (QED) is 0.683. The van der Waals surface area contributed by atoms with Crippen molar-refractivity contribution >= 4 is 11.6 Å². The summed E-state index contributed by atoms with van der Waals surface area (Å²) in [5.41, 5.74) is 0.982. The zero-order chi connectivity index (χ0) is 20.6. The van der Waals surface area contributed by atoms with Crippen molar-refractivity contribution < 1.29 is 22.7 Å². The monoisotopic (exact) mass is 391 g/mol. The van der Waals surface area contributed by atoms with Gasteiger partial charge in [0.25, 0.3) is 0 Å². The minimum Gasteiger partial charge on any atom is -0.405 e. The van der Waals surface area contributed by atoms with Crippen LogP contribution >= 0.6 is 0 Å². The highest BCUT2D eigenvalue weighted by Crippen LogP contribution is 2.27. The Bertz CT molecular complexity index is 819. The van der Waals surface area contributed by atoms with Crippen molar-refractivity contribution in [2.45, 2.75) is 19.3 Å². The molecule has 0 aliphatic carbocycles. The van der Waals surface area contributed by atoms with Gasteiger partial charge in [-0.15, -0.1) is 13.2 Å². The van der Waals surface area contributed by atoms with E-state index in [0.717, 1.165) is 0 Å². The Morgan fingerprint density at radius 3 is 2.39 bits per heavy atom. The predicted molar refractivity (Wildman–Crippen MR) is 98.5 cm³/mol. The molecule has 0 saturated heterocycles. The van der Waals surface area contributed by atoms with Crippen molar-refractivity contribution in [3.63, 3.8) is 0 Å². The van der Waals surface area contributed by atoms with Gasteiger partial charge in [0.2, 0.25) is 5.91 Å². The number of carbonyl (C=O) groups is 1. The number of benzene rings is 2. The SMILES string of the molecule is CN(CC(=O)N(CCC#N)c1ccccc1)Cc1ccccc1OC(F)(F)F. The molecule has 0 bridgehead atoms. The van der Waals surface area contributed by atoms with Crippen LogP contribution in [0.5, 0.6) is 5.75 Å². The van der Waals surface area contributed by atoms with Crippen molar-refractivity contribution in [1.82, 2.24) is 4.90 Å². The van der Waals surface area contributed by atoms with Crippen LogP contribution in [0, 0.1) is 11.3 Å². The number of rotatable bonds is 8. The molecule has 2 aromatic carbocycles. The van der Waals surface area contributed by atoms with Gasteiger partial charge in [-0.05, 0) is 25.2 Å². The summed E-state index contributed by atoms with van der Waals surface area (Å²) in [6.07, 6.45) is -4.61. The van der Waals surface area contributed by atoms with E-state index < -0.39 is 6.36 Å². The maximum absolute atomic E-state index is 12.7. The molecule has 0 unspecified atom stereocenters. The number of hydrogen-bond donors (Lipinski definition) is 0. The molecule has 2 rings (SSSR count). The fourth-order valence-electron chi connectivity index (χ4n) is 2.69. The lowest BCUT2D eigenvalue weighted by molar-refractivity contribution is -0.275. The molecule has 0 saturated carbocycles. The van der Waals surface area contributed by atoms with Gasteiger partial charge in [-0.1, -0.05) is 36.4 Å². The lowest BCUT2D eigenvalue weighted by Gasteiger charge is -2.25. The van der Waals surface area contributed by atoms with Crippen LogP contribution in [0.15, 0.2) is 54.6 Å². The summed E-state index contributed by atoms with van der Waals surface area (Å²) in [5, 5.41) is 8.84. The van der Waals surface area contributed by atoms with E-state index in [-0.39, 0.29) is 37.7 Å². The molecule has 0 spiro atoms. The lowest BCUT2D eigenvalue weighted by atomic mass is 10.2. The lowest BCUT2D eigenvalue weighted by Crippen LogP contribution is -2.39. The molecule has 2 aromatic rings. The summed E-state index contributed by atoms with van der Waals surface area (Å²) in [6.45, 7) is 0.306. The highest BCUT2D eigenvalue weighted by Gasteiger charge is 2.32. The molecule has 8 heteroatoms. The maximum Gasteiger partial charge on any atom is 0.573 e. The van der Waals surface area contributed by atoms with E-state index in [4.69, 9.17) is 5.26 Å². The van der Waals surface area contributed by atoms with Crippen LogP contribution in [-0.2, 0) is 11.3 Å². The number of amides is 1. The first kappa shape index (κ1) is 21.3. The van der Waals surface area contributed by atoms with E-state index in [0.29, 0.717) is 11.3 Å². The van der Waals surface area contributed by atoms with E-state index in [1.54, 1.807) is 42.3 Å². The molecule has 0 aliphatic rings. The maximum atomic E-state index is 12.7. The number of anilines is 1. The van der Waals surface area contributed by atoms with E-state index >= 15 is 0 Å². The molecular weight excluding hydrogens is 371 g/mol. The molecule has 5 nitrogen and oxygen atoms in total. The Labute approximate surface area is 161 Å². The molecule has 0 aliphatic heterocycles. The zero-order valence-corrected chi connectivity index (χ0v) is 15.3. The van der Waals surface area contributed by atoms with Crippen molar-refractivity contribution in [3.05, 3.63) is 60.2 Å². The number of nitriles is 1. The van der Waals surface area contributed by atoms with Crippen molar-refractivity contribution in [1.29, 1.82) is 5.26 Å². The zero-order valence-electron chi connectivity index (χ0n) is 15.3. The highest BCUT2D eigenvalue weighted by atomic mass is 19.4. The second kappa shape index (κ2) is 9.76. The average molecular weight is 391 g/mol. The molecule has 0 radical (unpaired) electrons. The van der Waals surface area contributed by atoms with Gasteiger partial charge in [-0.25, -0.2) is 0 Å². The molecule has 148 valence electrons. The standard InChI is InChI=1S/C20H20F3N3O2/c1-25(14-16-8-5-6-11-18(16)28-20(21,22)23)15-19(27)26(13-7-12-24)17-9-3-2-4-10-17/h2-6,8-11H,7,13-15H2,1H3. The Kier molecular flexibility index (Phi) is 7.41. The van der Waals surface area contributed by atoms with Gasteiger partial charge < -0.3 is 9.64 Å². The number of hydrogen-bond acceptors (Lipinski definition) is 4. The molecule has 0 aromatic heterocycles. The minimum atomic E-state index is -4.79. The highest BCUT2D eigenvalue weighted by molar-refractivity contribution is 5.94. The molecule has 28 heavy (non-hydrogen) atoms. The summed E-state index contributed by atoms with van der Waals surface area (Å²) in [4.78, 5) is 15.8. The first-order chi connectivity index (χ1) is 13.3. The number of carbonyl (C=O) groups excluding carboxylic acids is 1. The van der Waals surface area contributed by atoms with E-state index in [9.17, 15) is 18.0 Å². The van der Waals surface area contributed by atoms with Crippen LogP contribution in [0.3, 0.4) is 0 Å². The van der Waals surface area contributed by atoms with Crippen LogP contribution in [0.4, 0.5) is 18.9 Å². The summed E-state index contributed by atoms with van der Waals surface area (Å²) < 4.78 is 41.7. The van der Waals surface area contributed by atoms with E-state index in [1.807, 2.05) is 12.1 Å². The second-order valence-electron chi connectivity index (χ2n) is 6.12. The number of alkyl halides is 3. The van der Waals surface area contributed by atoms with Gasteiger partial charge in [-0.3, -0.25) is 9.69 Å². The number of likely N-dealkylation sites (N-methyl/N-ethyl adjacent to an activating group) is 1. The van der Waals surface area contributed by atoms with Crippen LogP contribution in [0.25, 0.3) is 0 Å². The first-order valence-electron chi connectivity index (χ1n) is 8.54. The van der Waals surface area contributed by atoms with Crippen LogP contribution in [0.1, 0.15) is 12.0 Å². The van der Waals surface area contributed by atoms with E-state index in [1.165, 1.54) is 23.1 Å². The number of para-hydroxylation sites is 2. The average Bonchev–Trinajstić information content (AvgIpc) is 2.63. The predicted octanol–water partition coefficient (Wildman–Crippen LogP) is 3.96. The fraction of sp³-hybridized carbons (Fsp3) is 0.300. The number of ether oxygens (including phenoxy) is 1. The fourth-order valence-corrected chi connectivity index (χ4v) is 2.69. The first-order valence-corrected chi connectivity index (χ1v) is 8.54. The van der Waals surface area contributed by atoms with Gasteiger partial charge in [0.05, 0.1) is 19.0 Å². The Morgan fingerprint density at radius 2 is 1.75 bits per heavy atom. The summed E-state index contributed by atoms with van der Waals surface area (Å²) in [7, 11) is 1.63. The topological polar surface area (TPSA) is 56.6 Å². The number of halogens is 3. The smallest absolute Gasteiger partial charge is 0.405 e. The van der Waals surface area contributed by atoms with Crippen LogP contribution < -0.4 is 9.64 Å². The van der Waals surface area contributed by atoms with Gasteiger partial charge in [0.15, 0.2) is 0 Å². The Hall–Kier alpha value is -3.05. The molecule has 0 heterocycles. The summed E-state index contributed by atoms with van der Waals surface area (Å²) in [5.74, 6) is -0.545. The van der Waals surface area contributed by atoms with Crippen molar-refractivity contribution in [2.75, 3.05) is 25.0 Å². The van der Waals surface area contributed by atoms with Gasteiger partial charge in [0.1, 0.15) is 5.75 Å². The molecular formula is C20H20F3N3O2. The van der Waals surface area contributed by atoms with Crippen LogP contribution in [0.2, 0.25) is 0 Å². The largest absolute Gasteiger partial charge is 0.573 e. The van der Waals surface area contributed by atoms with Crippen molar-refractivity contribution in [3.8, 4) is 11.8 Å². The Morgan fingerprint density at radius 1 is 1.11 bits per heavy atom. The Balaban J connectivity index is 2.08. The minimum absolute atomic E-state index is 0.0271. The van der Waals surface area contributed by atoms with E-state index in [2.05, 4.69) is 4.74 Å².